The van der Waals surface area contributed by atoms with Crippen LogP contribution in [0.25, 0.3) is 0 Å². The molecule has 0 aliphatic rings. The van der Waals surface area contributed by atoms with Crippen molar-refractivity contribution in [2.45, 2.75) is 13.0 Å². The lowest BCUT2D eigenvalue weighted by Crippen LogP contribution is -2.34. The zero-order chi connectivity index (χ0) is 18.4. The van der Waals surface area contributed by atoms with E-state index in [9.17, 15) is 9.90 Å². The van der Waals surface area contributed by atoms with Crippen LogP contribution in [0.15, 0.2) is 50.4 Å². The van der Waals surface area contributed by atoms with Crippen LogP contribution < -0.4 is 15.5 Å². The first-order valence-electron chi connectivity index (χ1n) is 7.32. The molecule has 132 valence electrons. The zero-order valence-corrected chi connectivity index (χ0v) is 16.8. The first-order chi connectivity index (χ1) is 11.9. The van der Waals surface area contributed by atoms with Gasteiger partial charge >= 0.3 is 0 Å². The van der Waals surface area contributed by atoms with Crippen molar-refractivity contribution in [1.29, 1.82) is 0 Å². The summed E-state index contributed by atoms with van der Waals surface area (Å²) in [5, 5.41) is 16.7. The Morgan fingerprint density at radius 1 is 1.24 bits per heavy atom. The summed E-state index contributed by atoms with van der Waals surface area (Å²) in [7, 11) is 1.60. The van der Waals surface area contributed by atoms with E-state index < -0.39 is 6.04 Å². The molecule has 0 unspecified atom stereocenters. The topological polar surface area (TPSA) is 83.0 Å². The van der Waals surface area contributed by atoms with E-state index in [2.05, 4.69) is 47.7 Å². The largest absolute Gasteiger partial charge is 0.506 e. The molecule has 25 heavy (non-hydrogen) atoms. The van der Waals surface area contributed by atoms with E-state index in [1.165, 1.54) is 6.21 Å². The van der Waals surface area contributed by atoms with E-state index >= 15 is 0 Å². The van der Waals surface area contributed by atoms with Gasteiger partial charge in [-0.15, -0.1) is 0 Å². The van der Waals surface area contributed by atoms with Gasteiger partial charge in [0.2, 0.25) is 0 Å². The molecule has 3 N–H and O–H groups in total. The molecule has 0 radical (unpaired) electrons. The van der Waals surface area contributed by atoms with E-state index in [1.807, 2.05) is 24.3 Å². The predicted molar refractivity (Wildman–Crippen MR) is 105 cm³/mol. The summed E-state index contributed by atoms with van der Waals surface area (Å²) in [6, 6.07) is 10.2. The number of hydrazone groups is 1. The summed E-state index contributed by atoms with van der Waals surface area (Å²) in [5.74, 6) is 0.584. The molecule has 2 rings (SSSR count). The molecule has 0 saturated carbocycles. The third-order valence-corrected chi connectivity index (χ3v) is 4.50. The molecule has 1 amide bonds. The predicted octanol–water partition coefficient (Wildman–Crippen LogP) is 3.88. The molecule has 0 aliphatic heterocycles. The third kappa shape index (κ3) is 5.47. The molecule has 0 bridgehead atoms. The van der Waals surface area contributed by atoms with Crippen LogP contribution in [0.1, 0.15) is 12.5 Å². The van der Waals surface area contributed by atoms with Gasteiger partial charge in [0.15, 0.2) is 0 Å². The highest BCUT2D eigenvalue weighted by Gasteiger charge is 2.11. The minimum absolute atomic E-state index is 0.110. The molecule has 0 fully saturated rings. The third-order valence-electron chi connectivity index (χ3n) is 3.29. The number of anilines is 1. The number of phenolic OH excluding ortho intramolecular Hbond substituents is 1. The molecule has 0 aromatic heterocycles. The van der Waals surface area contributed by atoms with Crippen molar-refractivity contribution in [3.8, 4) is 11.5 Å². The zero-order valence-electron chi connectivity index (χ0n) is 13.6. The summed E-state index contributed by atoms with van der Waals surface area (Å²) in [5.41, 5.74) is 4.00. The minimum atomic E-state index is -0.469. The second kappa shape index (κ2) is 8.87. The van der Waals surface area contributed by atoms with Gasteiger partial charge < -0.3 is 15.2 Å². The molecule has 2 aromatic rings. The SMILES string of the molecule is COc1ccc(N[C@H](C)C(=O)N/N=C\c2cc(Br)c(O)c(Br)c2)cc1. The molecular formula is C17H17Br2N3O3. The maximum absolute atomic E-state index is 12.1. The van der Waals surface area contributed by atoms with Crippen LogP contribution in [-0.2, 0) is 4.79 Å². The standard InChI is InChI=1S/C17H17Br2N3O3/c1-10(21-12-3-5-13(25-2)6-4-12)17(24)22-20-9-11-7-14(18)16(23)15(19)8-11/h3-10,21,23H,1-2H3,(H,22,24)/b20-9-/t10-/m1/s1. The van der Waals surface area contributed by atoms with Crippen molar-refractivity contribution < 1.29 is 14.6 Å². The molecular weight excluding hydrogens is 454 g/mol. The summed E-state index contributed by atoms with van der Waals surface area (Å²) < 4.78 is 6.16. The van der Waals surface area contributed by atoms with Crippen molar-refractivity contribution >= 4 is 49.7 Å². The lowest BCUT2D eigenvalue weighted by atomic mass is 10.2. The molecule has 8 heteroatoms. The second-order valence-electron chi connectivity index (χ2n) is 5.16. The van der Waals surface area contributed by atoms with Crippen molar-refractivity contribution in [1.82, 2.24) is 5.43 Å². The molecule has 1 atom stereocenters. The van der Waals surface area contributed by atoms with Crippen LogP contribution >= 0.6 is 31.9 Å². The van der Waals surface area contributed by atoms with Crippen LogP contribution in [-0.4, -0.2) is 30.4 Å². The number of nitrogens with one attached hydrogen (secondary N) is 2. The number of ether oxygens (including phenoxy) is 1. The van der Waals surface area contributed by atoms with Gasteiger partial charge in [0.25, 0.3) is 5.91 Å². The van der Waals surface area contributed by atoms with Crippen molar-refractivity contribution in [3.63, 3.8) is 0 Å². The number of rotatable bonds is 6. The van der Waals surface area contributed by atoms with Crippen LogP contribution in [0.4, 0.5) is 5.69 Å². The highest BCUT2D eigenvalue weighted by Crippen LogP contribution is 2.32. The first kappa shape index (κ1) is 19.3. The number of amides is 1. The quantitative estimate of drug-likeness (QED) is 0.442. The number of halogens is 2. The number of carbonyl (C=O) groups is 1. The van der Waals surface area contributed by atoms with Crippen LogP contribution in [0.5, 0.6) is 11.5 Å². The number of hydrogen-bond acceptors (Lipinski definition) is 5. The summed E-state index contributed by atoms with van der Waals surface area (Å²) >= 11 is 6.48. The number of phenols is 1. The van der Waals surface area contributed by atoms with Crippen LogP contribution in [0, 0.1) is 0 Å². The van der Waals surface area contributed by atoms with E-state index in [1.54, 1.807) is 26.2 Å². The Morgan fingerprint density at radius 2 is 1.84 bits per heavy atom. The number of carbonyl (C=O) groups excluding carboxylic acids is 1. The van der Waals surface area contributed by atoms with Crippen LogP contribution in [0.2, 0.25) is 0 Å². The van der Waals surface area contributed by atoms with E-state index in [0.717, 1.165) is 11.4 Å². The van der Waals surface area contributed by atoms with Crippen molar-refractivity contribution in [2.24, 2.45) is 5.10 Å². The number of benzene rings is 2. The van der Waals surface area contributed by atoms with E-state index in [-0.39, 0.29) is 11.7 Å². The Balaban J connectivity index is 1.92. The van der Waals surface area contributed by atoms with E-state index in [4.69, 9.17) is 4.74 Å². The lowest BCUT2D eigenvalue weighted by Gasteiger charge is -2.13. The highest BCUT2D eigenvalue weighted by molar-refractivity contribution is 9.11. The van der Waals surface area contributed by atoms with Gasteiger partial charge in [-0.2, -0.15) is 5.10 Å². The normalized spacial score (nSPS) is 12.0. The number of aromatic hydroxyl groups is 1. The Labute approximate surface area is 162 Å². The molecule has 0 spiro atoms. The maximum atomic E-state index is 12.1. The number of nitrogens with zero attached hydrogens (tertiary/aromatic N) is 1. The fourth-order valence-electron chi connectivity index (χ4n) is 1.93. The average Bonchev–Trinajstić information content (AvgIpc) is 2.60. The Kier molecular flexibility index (Phi) is 6.83. The summed E-state index contributed by atoms with van der Waals surface area (Å²) in [6.45, 7) is 1.74. The lowest BCUT2D eigenvalue weighted by molar-refractivity contribution is -0.121. The molecule has 0 aliphatic carbocycles. The Hall–Kier alpha value is -2.06. The average molecular weight is 471 g/mol. The minimum Gasteiger partial charge on any atom is -0.506 e. The van der Waals surface area contributed by atoms with Gasteiger partial charge in [0, 0.05) is 5.69 Å². The van der Waals surface area contributed by atoms with Gasteiger partial charge in [-0.05, 0) is 80.7 Å². The van der Waals surface area contributed by atoms with E-state index in [0.29, 0.717) is 14.5 Å². The molecule has 6 nitrogen and oxygen atoms in total. The highest BCUT2D eigenvalue weighted by atomic mass is 79.9. The van der Waals surface area contributed by atoms with Crippen LogP contribution in [0.3, 0.4) is 0 Å². The molecule has 0 saturated heterocycles. The fraction of sp³-hybridized carbons (Fsp3) is 0.176. The summed E-state index contributed by atoms with van der Waals surface area (Å²) in [6.07, 6.45) is 1.49. The maximum Gasteiger partial charge on any atom is 0.262 e. The molecule has 2 aromatic carbocycles. The fourth-order valence-corrected chi connectivity index (χ4v) is 3.15. The van der Waals surface area contributed by atoms with Gasteiger partial charge in [-0.3, -0.25) is 4.79 Å². The van der Waals surface area contributed by atoms with Crippen molar-refractivity contribution in [2.75, 3.05) is 12.4 Å². The number of methoxy groups -OCH3 is 1. The molecule has 0 heterocycles. The summed E-state index contributed by atoms with van der Waals surface area (Å²) in [4.78, 5) is 12.1. The number of hydrogen-bond donors (Lipinski definition) is 3. The van der Waals surface area contributed by atoms with Gasteiger partial charge in [-0.25, -0.2) is 5.43 Å². The first-order valence-corrected chi connectivity index (χ1v) is 8.91. The van der Waals surface area contributed by atoms with Gasteiger partial charge in [0.1, 0.15) is 17.5 Å². The Morgan fingerprint density at radius 3 is 2.40 bits per heavy atom. The Bertz CT molecular complexity index is 756. The smallest absolute Gasteiger partial charge is 0.262 e. The van der Waals surface area contributed by atoms with Crippen molar-refractivity contribution in [3.05, 3.63) is 50.9 Å². The van der Waals surface area contributed by atoms with Gasteiger partial charge in [-0.1, -0.05) is 0 Å². The monoisotopic (exact) mass is 469 g/mol. The second-order valence-corrected chi connectivity index (χ2v) is 6.87. The van der Waals surface area contributed by atoms with Gasteiger partial charge in [0.05, 0.1) is 22.3 Å².